The predicted molar refractivity (Wildman–Crippen MR) is 54.1 cm³/mol. The Kier molecular flexibility index (Phi) is 5.33. The maximum Gasteiger partial charge on any atom is 0.156 e. The normalized spacial score (nSPS) is 11.1. The van der Waals surface area contributed by atoms with Crippen molar-refractivity contribution in [2.75, 3.05) is 14.2 Å². The first-order valence-electron chi connectivity index (χ1n) is 4.94. The molecular formula is C11H18O3. The summed E-state index contributed by atoms with van der Waals surface area (Å²) in [7, 11) is 3.33. The Bertz CT molecular complexity index is 214. The zero-order chi connectivity index (χ0) is 10.2. The summed E-state index contributed by atoms with van der Waals surface area (Å²) in [6.45, 7) is 0. The number of furan rings is 1. The highest BCUT2D eigenvalue weighted by Gasteiger charge is 2.04. The highest BCUT2D eigenvalue weighted by atomic mass is 16.7. The highest BCUT2D eigenvalue weighted by Crippen LogP contribution is 2.09. The van der Waals surface area contributed by atoms with Gasteiger partial charge in [0, 0.05) is 20.6 Å². The quantitative estimate of drug-likeness (QED) is 0.498. The van der Waals surface area contributed by atoms with E-state index in [0.29, 0.717) is 0 Å². The van der Waals surface area contributed by atoms with Crippen molar-refractivity contribution in [1.29, 1.82) is 0 Å². The lowest BCUT2D eigenvalue weighted by Gasteiger charge is -2.12. The fourth-order valence-electron chi connectivity index (χ4n) is 1.40. The minimum atomic E-state index is -0.0633. The van der Waals surface area contributed by atoms with Crippen LogP contribution in [-0.4, -0.2) is 20.5 Å². The minimum Gasteiger partial charge on any atom is -0.469 e. The number of methoxy groups -OCH3 is 2. The topological polar surface area (TPSA) is 31.6 Å². The smallest absolute Gasteiger partial charge is 0.156 e. The van der Waals surface area contributed by atoms with Crippen molar-refractivity contribution in [3.8, 4) is 0 Å². The fraction of sp³-hybridized carbons (Fsp3) is 0.636. The molecule has 0 aliphatic rings. The first-order chi connectivity index (χ1) is 6.86. The summed E-state index contributed by atoms with van der Waals surface area (Å²) in [4.78, 5) is 0. The van der Waals surface area contributed by atoms with Crippen molar-refractivity contribution in [2.24, 2.45) is 0 Å². The van der Waals surface area contributed by atoms with Crippen LogP contribution in [0.1, 0.15) is 25.0 Å². The van der Waals surface area contributed by atoms with E-state index in [9.17, 15) is 0 Å². The SMILES string of the molecule is COC(CCCCc1ccco1)OC. The molecule has 0 N–H and O–H groups in total. The van der Waals surface area contributed by atoms with Gasteiger partial charge in [0.05, 0.1) is 6.26 Å². The number of hydrogen-bond donors (Lipinski definition) is 0. The van der Waals surface area contributed by atoms with Gasteiger partial charge in [-0.2, -0.15) is 0 Å². The molecule has 0 aliphatic heterocycles. The summed E-state index contributed by atoms with van der Waals surface area (Å²) in [6.07, 6.45) is 5.78. The summed E-state index contributed by atoms with van der Waals surface area (Å²) in [6, 6.07) is 3.92. The maximum atomic E-state index is 5.23. The van der Waals surface area contributed by atoms with Gasteiger partial charge in [0.15, 0.2) is 6.29 Å². The molecule has 0 bridgehead atoms. The van der Waals surface area contributed by atoms with Crippen LogP contribution >= 0.6 is 0 Å². The molecule has 1 rings (SSSR count). The van der Waals surface area contributed by atoms with E-state index in [2.05, 4.69) is 0 Å². The number of rotatable bonds is 7. The molecule has 0 radical (unpaired) electrons. The molecule has 1 aromatic rings. The standard InChI is InChI=1S/C11H18O3/c1-12-11(13-2)8-4-3-6-10-7-5-9-14-10/h5,7,9,11H,3-4,6,8H2,1-2H3. The molecule has 80 valence electrons. The molecule has 3 heteroatoms. The highest BCUT2D eigenvalue weighted by molar-refractivity contribution is 4.97. The molecule has 0 aliphatic carbocycles. The van der Waals surface area contributed by atoms with Crippen molar-refractivity contribution in [2.45, 2.75) is 32.0 Å². The van der Waals surface area contributed by atoms with E-state index >= 15 is 0 Å². The van der Waals surface area contributed by atoms with Crippen LogP contribution in [0.4, 0.5) is 0 Å². The van der Waals surface area contributed by atoms with Gasteiger partial charge >= 0.3 is 0 Å². The average Bonchev–Trinajstić information content (AvgIpc) is 2.71. The first kappa shape index (κ1) is 11.3. The van der Waals surface area contributed by atoms with Crippen LogP contribution in [-0.2, 0) is 15.9 Å². The Morgan fingerprint density at radius 1 is 1.29 bits per heavy atom. The van der Waals surface area contributed by atoms with E-state index in [1.807, 2.05) is 12.1 Å². The second kappa shape index (κ2) is 6.62. The zero-order valence-electron chi connectivity index (χ0n) is 8.86. The van der Waals surface area contributed by atoms with E-state index in [4.69, 9.17) is 13.9 Å². The molecule has 0 unspecified atom stereocenters. The molecule has 0 fully saturated rings. The third-order valence-electron chi connectivity index (χ3n) is 2.22. The molecule has 0 spiro atoms. The fourth-order valence-corrected chi connectivity index (χ4v) is 1.40. The lowest BCUT2D eigenvalue weighted by molar-refractivity contribution is -0.107. The molecule has 14 heavy (non-hydrogen) atoms. The molecule has 0 saturated carbocycles. The Balaban J connectivity index is 2.04. The largest absolute Gasteiger partial charge is 0.469 e. The van der Waals surface area contributed by atoms with Crippen LogP contribution in [0.2, 0.25) is 0 Å². The molecule has 1 aromatic heterocycles. The number of unbranched alkanes of at least 4 members (excludes halogenated alkanes) is 1. The third kappa shape index (κ3) is 3.94. The maximum absolute atomic E-state index is 5.23. The van der Waals surface area contributed by atoms with Crippen LogP contribution in [0.15, 0.2) is 22.8 Å². The molecule has 0 atom stereocenters. The van der Waals surface area contributed by atoms with Gasteiger partial charge in [-0.05, 0) is 31.4 Å². The van der Waals surface area contributed by atoms with Gasteiger partial charge in [0.1, 0.15) is 5.76 Å². The van der Waals surface area contributed by atoms with E-state index in [1.54, 1.807) is 20.5 Å². The van der Waals surface area contributed by atoms with E-state index < -0.39 is 0 Å². The summed E-state index contributed by atoms with van der Waals surface area (Å²) < 4.78 is 15.4. The third-order valence-corrected chi connectivity index (χ3v) is 2.22. The van der Waals surface area contributed by atoms with Crippen molar-refractivity contribution >= 4 is 0 Å². The van der Waals surface area contributed by atoms with Crippen LogP contribution in [0.25, 0.3) is 0 Å². The second-order valence-corrected chi connectivity index (χ2v) is 3.23. The number of ether oxygens (including phenoxy) is 2. The number of hydrogen-bond acceptors (Lipinski definition) is 3. The lowest BCUT2D eigenvalue weighted by Crippen LogP contribution is -2.12. The molecular weight excluding hydrogens is 180 g/mol. The molecule has 0 aromatic carbocycles. The summed E-state index contributed by atoms with van der Waals surface area (Å²) >= 11 is 0. The number of aryl methyl sites for hydroxylation is 1. The van der Waals surface area contributed by atoms with Crippen LogP contribution in [0.3, 0.4) is 0 Å². The van der Waals surface area contributed by atoms with E-state index in [-0.39, 0.29) is 6.29 Å². The minimum absolute atomic E-state index is 0.0633. The van der Waals surface area contributed by atoms with Gasteiger partial charge in [-0.25, -0.2) is 0 Å². The predicted octanol–water partition coefficient (Wildman–Crippen LogP) is 2.61. The molecule has 3 nitrogen and oxygen atoms in total. The van der Waals surface area contributed by atoms with Gasteiger partial charge in [-0.3, -0.25) is 0 Å². The second-order valence-electron chi connectivity index (χ2n) is 3.23. The van der Waals surface area contributed by atoms with Gasteiger partial charge < -0.3 is 13.9 Å². The molecule has 0 amide bonds. The zero-order valence-corrected chi connectivity index (χ0v) is 8.86. The molecule has 0 saturated heterocycles. The van der Waals surface area contributed by atoms with Gasteiger partial charge in [0.2, 0.25) is 0 Å². The van der Waals surface area contributed by atoms with Crippen molar-refractivity contribution in [3.05, 3.63) is 24.2 Å². The summed E-state index contributed by atoms with van der Waals surface area (Å²) in [5.41, 5.74) is 0. The van der Waals surface area contributed by atoms with E-state index in [1.165, 1.54) is 0 Å². The van der Waals surface area contributed by atoms with Gasteiger partial charge in [0.25, 0.3) is 0 Å². The van der Waals surface area contributed by atoms with Crippen LogP contribution in [0.5, 0.6) is 0 Å². The molecule has 1 heterocycles. The Morgan fingerprint density at radius 3 is 2.64 bits per heavy atom. The first-order valence-corrected chi connectivity index (χ1v) is 4.94. The Hall–Kier alpha value is -0.800. The average molecular weight is 198 g/mol. The summed E-state index contributed by atoms with van der Waals surface area (Å²) in [5, 5.41) is 0. The van der Waals surface area contributed by atoms with Gasteiger partial charge in [-0.15, -0.1) is 0 Å². The lowest BCUT2D eigenvalue weighted by atomic mass is 10.1. The van der Waals surface area contributed by atoms with Crippen LogP contribution in [0, 0.1) is 0 Å². The van der Waals surface area contributed by atoms with Crippen molar-refractivity contribution in [3.63, 3.8) is 0 Å². The van der Waals surface area contributed by atoms with Crippen molar-refractivity contribution in [1.82, 2.24) is 0 Å². The van der Waals surface area contributed by atoms with Crippen molar-refractivity contribution < 1.29 is 13.9 Å². The Labute approximate surface area is 85.0 Å². The van der Waals surface area contributed by atoms with E-state index in [0.717, 1.165) is 31.4 Å². The Morgan fingerprint density at radius 2 is 2.07 bits per heavy atom. The van der Waals surface area contributed by atoms with Gasteiger partial charge in [-0.1, -0.05) is 0 Å². The summed E-state index contributed by atoms with van der Waals surface area (Å²) in [5.74, 6) is 1.05. The van der Waals surface area contributed by atoms with Crippen LogP contribution < -0.4 is 0 Å². The monoisotopic (exact) mass is 198 g/mol.